The highest BCUT2D eigenvalue weighted by atomic mass is 16.5. The predicted octanol–water partition coefficient (Wildman–Crippen LogP) is 3.29. The van der Waals surface area contributed by atoms with Gasteiger partial charge in [-0.25, -0.2) is 0 Å². The van der Waals surface area contributed by atoms with Crippen LogP contribution in [0.5, 0.6) is 5.75 Å². The number of ether oxygens (including phenoxy) is 1. The Balaban J connectivity index is 1.66. The normalized spacial score (nSPS) is 10.3. The fraction of sp³-hybridized carbons (Fsp3) is 0.174. The van der Waals surface area contributed by atoms with Crippen molar-refractivity contribution in [3.8, 4) is 5.75 Å². The van der Waals surface area contributed by atoms with E-state index in [1.807, 2.05) is 54.6 Å². The van der Waals surface area contributed by atoms with Crippen molar-refractivity contribution >= 4 is 11.8 Å². The molecule has 3 rings (SSSR count). The van der Waals surface area contributed by atoms with Crippen LogP contribution in [-0.4, -0.2) is 35.9 Å². The minimum atomic E-state index is -0.351. The fourth-order valence-corrected chi connectivity index (χ4v) is 2.95. The van der Waals surface area contributed by atoms with Crippen LogP contribution in [0.2, 0.25) is 0 Å². The maximum Gasteiger partial charge on any atom is 0.270 e. The van der Waals surface area contributed by atoms with Gasteiger partial charge in [0.2, 0.25) is 0 Å². The highest BCUT2D eigenvalue weighted by Gasteiger charge is 2.15. The molecule has 6 heteroatoms. The molecular weight excluding hydrogens is 366 g/mol. The minimum Gasteiger partial charge on any atom is -0.496 e. The molecule has 0 spiro atoms. The Morgan fingerprint density at radius 1 is 1.03 bits per heavy atom. The number of benzene rings is 2. The number of carbonyl (C=O) groups is 2. The van der Waals surface area contributed by atoms with E-state index in [-0.39, 0.29) is 17.5 Å². The van der Waals surface area contributed by atoms with Crippen LogP contribution in [-0.2, 0) is 13.1 Å². The number of carbonyl (C=O) groups excluding carboxylic acids is 2. The molecule has 29 heavy (non-hydrogen) atoms. The van der Waals surface area contributed by atoms with Crippen molar-refractivity contribution in [2.24, 2.45) is 0 Å². The summed E-state index contributed by atoms with van der Waals surface area (Å²) in [6.45, 7) is 0.786. The van der Waals surface area contributed by atoms with Gasteiger partial charge in [0, 0.05) is 37.5 Å². The van der Waals surface area contributed by atoms with Crippen LogP contribution in [0.4, 0.5) is 0 Å². The molecule has 0 bridgehead atoms. The van der Waals surface area contributed by atoms with Crippen LogP contribution in [0, 0.1) is 0 Å². The van der Waals surface area contributed by atoms with Crippen molar-refractivity contribution in [1.82, 2.24) is 15.2 Å². The van der Waals surface area contributed by atoms with Crippen molar-refractivity contribution in [3.05, 3.63) is 95.3 Å². The van der Waals surface area contributed by atoms with Crippen molar-refractivity contribution in [2.45, 2.75) is 13.1 Å². The van der Waals surface area contributed by atoms with Crippen molar-refractivity contribution in [2.75, 3.05) is 14.2 Å². The molecule has 0 fully saturated rings. The molecule has 0 saturated heterocycles. The van der Waals surface area contributed by atoms with Crippen LogP contribution < -0.4 is 10.1 Å². The van der Waals surface area contributed by atoms with Gasteiger partial charge in [0.1, 0.15) is 11.4 Å². The van der Waals surface area contributed by atoms with Gasteiger partial charge in [-0.3, -0.25) is 14.6 Å². The molecule has 148 valence electrons. The Labute approximate surface area is 170 Å². The third-order valence-corrected chi connectivity index (χ3v) is 4.48. The first-order valence-electron chi connectivity index (χ1n) is 9.24. The largest absolute Gasteiger partial charge is 0.496 e. The lowest BCUT2D eigenvalue weighted by Crippen LogP contribution is -2.28. The summed E-state index contributed by atoms with van der Waals surface area (Å²) in [5, 5.41) is 2.82. The number of rotatable bonds is 7. The van der Waals surface area contributed by atoms with Gasteiger partial charge in [-0.15, -0.1) is 0 Å². The van der Waals surface area contributed by atoms with Crippen LogP contribution >= 0.6 is 0 Å². The van der Waals surface area contributed by atoms with Gasteiger partial charge in [0.05, 0.1) is 7.11 Å². The van der Waals surface area contributed by atoms with Gasteiger partial charge >= 0.3 is 0 Å². The molecule has 0 atom stereocenters. The van der Waals surface area contributed by atoms with Gasteiger partial charge in [-0.05, 0) is 23.8 Å². The highest BCUT2D eigenvalue weighted by Crippen LogP contribution is 2.17. The van der Waals surface area contributed by atoms with Gasteiger partial charge < -0.3 is 15.0 Å². The molecule has 1 aromatic heterocycles. The molecule has 0 saturated carbocycles. The Bertz CT molecular complexity index is 989. The summed E-state index contributed by atoms with van der Waals surface area (Å²) in [6.07, 6.45) is 1.47. The van der Waals surface area contributed by atoms with E-state index in [1.165, 1.54) is 12.3 Å². The number of nitrogens with one attached hydrogen (secondary N) is 1. The summed E-state index contributed by atoms with van der Waals surface area (Å²) in [7, 11) is 3.32. The first kappa shape index (κ1) is 20.1. The zero-order valence-electron chi connectivity index (χ0n) is 16.5. The summed E-state index contributed by atoms with van der Waals surface area (Å²) in [5.74, 6) is 0.179. The van der Waals surface area contributed by atoms with E-state index >= 15 is 0 Å². The second-order valence-electron chi connectivity index (χ2n) is 6.57. The van der Waals surface area contributed by atoms with E-state index in [2.05, 4.69) is 10.3 Å². The van der Waals surface area contributed by atoms with E-state index in [9.17, 15) is 9.59 Å². The molecule has 2 aromatic carbocycles. The Morgan fingerprint density at radius 2 is 1.76 bits per heavy atom. The molecule has 1 heterocycles. The zero-order valence-corrected chi connectivity index (χ0v) is 16.5. The maximum atomic E-state index is 12.7. The summed E-state index contributed by atoms with van der Waals surface area (Å²) >= 11 is 0. The number of hydrogen-bond acceptors (Lipinski definition) is 4. The summed E-state index contributed by atoms with van der Waals surface area (Å²) in [6, 6.07) is 20.3. The molecular formula is C23H23N3O3. The van der Waals surface area contributed by atoms with E-state index < -0.39 is 0 Å². The number of nitrogens with zero attached hydrogens (tertiary/aromatic N) is 2. The standard InChI is InChI=1S/C23H23N3O3/c1-26(16-17-8-4-3-5-9-17)23(28)18-12-13-24-20(14-18)22(27)25-15-19-10-6-7-11-21(19)29-2/h3-14H,15-16H2,1-2H3,(H,25,27). The maximum absolute atomic E-state index is 12.7. The van der Waals surface area contributed by atoms with Crippen LogP contribution in [0.25, 0.3) is 0 Å². The minimum absolute atomic E-state index is 0.171. The van der Waals surface area contributed by atoms with Crippen molar-refractivity contribution < 1.29 is 14.3 Å². The van der Waals surface area contributed by atoms with Gasteiger partial charge in [-0.2, -0.15) is 0 Å². The summed E-state index contributed by atoms with van der Waals surface area (Å²) in [4.78, 5) is 31.0. The second kappa shape index (κ2) is 9.50. The van der Waals surface area contributed by atoms with Crippen LogP contribution in [0.15, 0.2) is 72.9 Å². The zero-order chi connectivity index (χ0) is 20.6. The topological polar surface area (TPSA) is 71.5 Å². The first-order chi connectivity index (χ1) is 14.1. The number of para-hydroxylation sites is 1. The number of aromatic nitrogens is 1. The first-order valence-corrected chi connectivity index (χ1v) is 9.24. The Morgan fingerprint density at radius 3 is 2.52 bits per heavy atom. The van der Waals surface area contributed by atoms with Gasteiger partial charge in [0.15, 0.2) is 0 Å². The third kappa shape index (κ3) is 5.19. The monoisotopic (exact) mass is 389 g/mol. The van der Waals surface area contributed by atoms with Gasteiger partial charge in [-0.1, -0.05) is 48.5 Å². The molecule has 3 aromatic rings. The quantitative estimate of drug-likeness (QED) is 0.673. The smallest absolute Gasteiger partial charge is 0.270 e. The van der Waals surface area contributed by atoms with E-state index in [0.717, 1.165) is 11.1 Å². The van der Waals surface area contributed by atoms with E-state index in [1.54, 1.807) is 25.1 Å². The molecule has 0 unspecified atom stereocenters. The molecule has 0 aliphatic carbocycles. The lowest BCUT2D eigenvalue weighted by atomic mass is 10.1. The summed E-state index contributed by atoms with van der Waals surface area (Å²) < 4.78 is 5.29. The average molecular weight is 389 g/mol. The molecule has 2 amide bonds. The SMILES string of the molecule is COc1ccccc1CNC(=O)c1cc(C(=O)N(C)Cc2ccccc2)ccn1. The highest BCUT2D eigenvalue weighted by molar-refractivity contribution is 5.98. The van der Waals surface area contributed by atoms with E-state index in [4.69, 9.17) is 4.74 Å². The third-order valence-electron chi connectivity index (χ3n) is 4.48. The number of amides is 2. The van der Waals surface area contributed by atoms with Gasteiger partial charge in [0.25, 0.3) is 11.8 Å². The molecule has 0 aliphatic rings. The Hall–Kier alpha value is -3.67. The van der Waals surface area contributed by atoms with Crippen molar-refractivity contribution in [1.29, 1.82) is 0 Å². The van der Waals surface area contributed by atoms with Crippen LogP contribution in [0.1, 0.15) is 32.0 Å². The van der Waals surface area contributed by atoms with Crippen molar-refractivity contribution in [3.63, 3.8) is 0 Å². The average Bonchev–Trinajstić information content (AvgIpc) is 2.77. The lowest BCUT2D eigenvalue weighted by Gasteiger charge is -2.17. The summed E-state index contributed by atoms with van der Waals surface area (Å²) in [5.41, 5.74) is 2.50. The lowest BCUT2D eigenvalue weighted by molar-refractivity contribution is 0.0785. The van der Waals surface area contributed by atoms with Crippen LogP contribution in [0.3, 0.4) is 0 Å². The number of methoxy groups -OCH3 is 1. The molecule has 0 aliphatic heterocycles. The molecule has 0 radical (unpaired) electrons. The number of hydrogen-bond donors (Lipinski definition) is 1. The second-order valence-corrected chi connectivity index (χ2v) is 6.57. The predicted molar refractivity (Wildman–Crippen MR) is 111 cm³/mol. The fourth-order valence-electron chi connectivity index (χ4n) is 2.95. The Kier molecular flexibility index (Phi) is 6.58. The number of pyridine rings is 1. The molecule has 1 N–H and O–H groups in total. The molecule has 6 nitrogen and oxygen atoms in total. The van der Waals surface area contributed by atoms with E-state index in [0.29, 0.717) is 24.4 Å².